The summed E-state index contributed by atoms with van der Waals surface area (Å²) in [5.41, 5.74) is 0.0107. The monoisotopic (exact) mass is 321 g/mol. The number of anilines is 2. The van der Waals surface area contributed by atoms with Crippen molar-refractivity contribution in [3.63, 3.8) is 0 Å². The highest BCUT2D eigenvalue weighted by Gasteiger charge is 2.31. The van der Waals surface area contributed by atoms with Crippen molar-refractivity contribution in [3.8, 4) is 0 Å². The Morgan fingerprint density at radius 2 is 2.22 bits per heavy atom. The quantitative estimate of drug-likeness (QED) is 0.610. The second-order valence-electron chi connectivity index (χ2n) is 6.51. The van der Waals surface area contributed by atoms with Crippen LogP contribution in [0.1, 0.15) is 52.9 Å². The number of rotatable bonds is 7. The van der Waals surface area contributed by atoms with Gasteiger partial charge in [-0.2, -0.15) is 0 Å². The lowest BCUT2D eigenvalue weighted by molar-refractivity contribution is -0.383. The summed E-state index contributed by atoms with van der Waals surface area (Å²) in [6.07, 6.45) is 6.63. The Hall–Kier alpha value is -1.92. The molecule has 1 aromatic heterocycles. The lowest BCUT2D eigenvalue weighted by atomic mass is 10.00. The van der Waals surface area contributed by atoms with Crippen LogP contribution in [-0.4, -0.2) is 34.0 Å². The Balaban J connectivity index is 2.29. The van der Waals surface area contributed by atoms with E-state index >= 15 is 0 Å². The first-order chi connectivity index (χ1) is 11.0. The van der Waals surface area contributed by atoms with Gasteiger partial charge < -0.3 is 10.2 Å². The summed E-state index contributed by atoms with van der Waals surface area (Å²) in [6.45, 7) is 7.87. The lowest BCUT2D eigenvalue weighted by Gasteiger charge is -2.35. The van der Waals surface area contributed by atoms with Gasteiger partial charge >= 0.3 is 5.69 Å². The lowest BCUT2D eigenvalue weighted by Crippen LogP contribution is -2.40. The fourth-order valence-electron chi connectivity index (χ4n) is 3.06. The molecule has 7 heteroatoms. The van der Waals surface area contributed by atoms with Crippen molar-refractivity contribution in [2.24, 2.45) is 5.92 Å². The minimum atomic E-state index is -0.353. The Labute approximate surface area is 137 Å². The van der Waals surface area contributed by atoms with Crippen LogP contribution < -0.4 is 10.2 Å². The van der Waals surface area contributed by atoms with E-state index in [9.17, 15) is 10.1 Å². The van der Waals surface area contributed by atoms with Crippen molar-refractivity contribution in [2.75, 3.05) is 23.3 Å². The maximum absolute atomic E-state index is 11.6. The first-order valence-corrected chi connectivity index (χ1v) is 8.54. The van der Waals surface area contributed by atoms with Gasteiger partial charge in [0.25, 0.3) is 0 Å². The van der Waals surface area contributed by atoms with Crippen LogP contribution in [0, 0.1) is 16.0 Å². The van der Waals surface area contributed by atoms with Crippen molar-refractivity contribution < 1.29 is 4.92 Å². The van der Waals surface area contributed by atoms with Gasteiger partial charge in [-0.15, -0.1) is 0 Å². The molecular weight excluding hydrogens is 294 g/mol. The van der Waals surface area contributed by atoms with E-state index in [0.717, 1.165) is 32.2 Å². The van der Waals surface area contributed by atoms with E-state index in [4.69, 9.17) is 0 Å². The highest BCUT2D eigenvalue weighted by Crippen LogP contribution is 2.35. The molecule has 2 heterocycles. The number of aromatic nitrogens is 2. The summed E-state index contributed by atoms with van der Waals surface area (Å²) in [7, 11) is 0. The number of nitro groups is 1. The Morgan fingerprint density at radius 3 is 2.87 bits per heavy atom. The number of nitrogens with one attached hydrogen (secondary N) is 1. The number of piperidine rings is 1. The Morgan fingerprint density at radius 1 is 1.43 bits per heavy atom. The van der Waals surface area contributed by atoms with Crippen LogP contribution in [-0.2, 0) is 0 Å². The first kappa shape index (κ1) is 17.4. The van der Waals surface area contributed by atoms with E-state index in [0.29, 0.717) is 30.1 Å². The van der Waals surface area contributed by atoms with Gasteiger partial charge in [-0.25, -0.2) is 9.97 Å². The predicted molar refractivity (Wildman–Crippen MR) is 91.9 cm³/mol. The molecule has 0 spiro atoms. The summed E-state index contributed by atoms with van der Waals surface area (Å²) in [5.74, 6) is 1.33. The molecule has 1 N–H and O–H groups in total. The zero-order chi connectivity index (χ0) is 16.8. The predicted octanol–water partition coefficient (Wildman–Crippen LogP) is 3.61. The summed E-state index contributed by atoms with van der Waals surface area (Å²) in [5, 5.41) is 14.8. The largest absolute Gasteiger partial charge is 0.364 e. The van der Waals surface area contributed by atoms with Crippen molar-refractivity contribution >= 4 is 17.3 Å². The molecule has 1 saturated heterocycles. The van der Waals surface area contributed by atoms with Crippen LogP contribution in [0.3, 0.4) is 0 Å². The molecule has 2 rings (SSSR count). The molecule has 1 aliphatic rings. The summed E-state index contributed by atoms with van der Waals surface area (Å²) >= 11 is 0. The molecule has 1 aromatic rings. The molecule has 0 saturated carbocycles. The van der Waals surface area contributed by atoms with Crippen LogP contribution >= 0.6 is 0 Å². The van der Waals surface area contributed by atoms with E-state index in [2.05, 4.69) is 41.0 Å². The van der Waals surface area contributed by atoms with Crippen molar-refractivity contribution in [2.45, 2.75) is 58.9 Å². The van der Waals surface area contributed by atoms with Gasteiger partial charge in [0.15, 0.2) is 0 Å². The number of hydrogen-bond acceptors (Lipinski definition) is 6. The zero-order valence-corrected chi connectivity index (χ0v) is 14.3. The normalized spacial score (nSPS) is 18.3. The third kappa shape index (κ3) is 4.30. The van der Waals surface area contributed by atoms with Crippen LogP contribution in [0.25, 0.3) is 0 Å². The van der Waals surface area contributed by atoms with Crippen molar-refractivity contribution in [3.05, 3.63) is 16.4 Å². The topological polar surface area (TPSA) is 84.2 Å². The average molecular weight is 321 g/mol. The van der Waals surface area contributed by atoms with E-state index in [1.165, 1.54) is 12.7 Å². The van der Waals surface area contributed by atoms with Crippen LogP contribution in [0.4, 0.5) is 17.3 Å². The van der Waals surface area contributed by atoms with Crippen molar-refractivity contribution in [1.29, 1.82) is 0 Å². The third-order valence-corrected chi connectivity index (χ3v) is 4.37. The summed E-state index contributed by atoms with van der Waals surface area (Å²) in [6, 6.07) is 0.320. The molecule has 23 heavy (non-hydrogen) atoms. The summed E-state index contributed by atoms with van der Waals surface area (Å²) in [4.78, 5) is 21.7. The van der Waals surface area contributed by atoms with Gasteiger partial charge in [0.1, 0.15) is 6.33 Å². The van der Waals surface area contributed by atoms with Crippen LogP contribution in [0.2, 0.25) is 0 Å². The molecule has 0 amide bonds. The Kier molecular flexibility index (Phi) is 6.12. The van der Waals surface area contributed by atoms with Gasteiger partial charge in [0, 0.05) is 19.1 Å². The zero-order valence-electron chi connectivity index (χ0n) is 14.3. The maximum atomic E-state index is 11.6. The van der Waals surface area contributed by atoms with E-state index in [1.807, 2.05) is 0 Å². The molecule has 0 aliphatic carbocycles. The molecule has 1 fully saturated rings. The Bertz CT molecular complexity index is 535. The molecule has 128 valence electrons. The maximum Gasteiger partial charge on any atom is 0.353 e. The molecular formula is C16H27N5O2. The fourth-order valence-corrected chi connectivity index (χ4v) is 3.06. The van der Waals surface area contributed by atoms with Gasteiger partial charge in [0.2, 0.25) is 11.6 Å². The van der Waals surface area contributed by atoms with Crippen LogP contribution in [0.15, 0.2) is 6.33 Å². The van der Waals surface area contributed by atoms with E-state index in [-0.39, 0.29) is 10.6 Å². The number of hydrogen-bond donors (Lipinski definition) is 1. The molecule has 0 aromatic carbocycles. The average Bonchev–Trinajstić information content (AvgIpc) is 2.54. The van der Waals surface area contributed by atoms with E-state index in [1.54, 1.807) is 0 Å². The number of nitrogens with zero attached hydrogens (tertiary/aromatic N) is 4. The smallest absolute Gasteiger partial charge is 0.353 e. The minimum Gasteiger partial charge on any atom is -0.364 e. The first-order valence-electron chi connectivity index (χ1n) is 8.54. The standard InChI is InChI=1S/C16H27N5O2/c1-4-13-7-5-6-10-20(13)16-14(21(22)23)15(18-11-19-16)17-9-8-12(2)3/h11-13H,4-10H2,1-3H3,(H,17,18,19). The highest BCUT2D eigenvalue weighted by molar-refractivity contribution is 5.70. The van der Waals surface area contributed by atoms with Crippen molar-refractivity contribution in [1.82, 2.24) is 9.97 Å². The van der Waals surface area contributed by atoms with Gasteiger partial charge in [-0.05, 0) is 38.0 Å². The summed E-state index contributed by atoms with van der Waals surface area (Å²) < 4.78 is 0. The van der Waals surface area contributed by atoms with Crippen LogP contribution in [0.5, 0.6) is 0 Å². The molecule has 1 atom stereocenters. The van der Waals surface area contributed by atoms with Gasteiger partial charge in [-0.3, -0.25) is 10.1 Å². The molecule has 1 aliphatic heterocycles. The molecule has 0 bridgehead atoms. The second kappa shape index (κ2) is 8.08. The van der Waals surface area contributed by atoms with Gasteiger partial charge in [-0.1, -0.05) is 20.8 Å². The molecule has 1 unspecified atom stereocenters. The van der Waals surface area contributed by atoms with E-state index < -0.39 is 0 Å². The minimum absolute atomic E-state index is 0.0107. The molecule has 7 nitrogen and oxygen atoms in total. The third-order valence-electron chi connectivity index (χ3n) is 4.37. The highest BCUT2D eigenvalue weighted by atomic mass is 16.6. The SMILES string of the molecule is CCC1CCCCN1c1ncnc(NCCC(C)C)c1[N+](=O)[O-]. The van der Waals surface area contributed by atoms with Gasteiger partial charge in [0.05, 0.1) is 4.92 Å². The molecule has 0 radical (unpaired) electrons. The second-order valence-corrected chi connectivity index (χ2v) is 6.51. The fraction of sp³-hybridized carbons (Fsp3) is 0.750.